The van der Waals surface area contributed by atoms with Crippen LogP contribution in [0.5, 0.6) is 0 Å². The summed E-state index contributed by atoms with van der Waals surface area (Å²) in [7, 11) is 2.07. The zero-order valence-electron chi connectivity index (χ0n) is 12.0. The molecule has 0 N–H and O–H groups in total. The van der Waals surface area contributed by atoms with Gasteiger partial charge in [-0.25, -0.2) is 4.68 Å². The van der Waals surface area contributed by atoms with E-state index in [0.29, 0.717) is 5.56 Å². The fourth-order valence-corrected chi connectivity index (χ4v) is 2.60. The Balaban J connectivity index is 1.84. The summed E-state index contributed by atoms with van der Waals surface area (Å²) in [6.07, 6.45) is 2.52. The van der Waals surface area contributed by atoms with Crippen molar-refractivity contribution in [2.45, 2.75) is 19.5 Å². The third-order valence-electron chi connectivity index (χ3n) is 3.81. The number of Topliss-reactive ketones (excluding diaryl/α,β-unsaturated/α-hetero) is 1. The molecule has 0 saturated heterocycles. The molecule has 1 aromatic heterocycles. The van der Waals surface area contributed by atoms with E-state index in [1.54, 1.807) is 6.07 Å². The highest BCUT2D eigenvalue weighted by Gasteiger charge is 2.16. The number of rotatable bonds is 3. The number of ketones is 1. The van der Waals surface area contributed by atoms with Gasteiger partial charge in [-0.15, -0.1) is 0 Å². The lowest BCUT2D eigenvalue weighted by molar-refractivity contribution is 0.0965. The Morgan fingerprint density at radius 3 is 2.95 bits per heavy atom. The van der Waals surface area contributed by atoms with Crippen LogP contribution in [0, 0.1) is 0 Å². The van der Waals surface area contributed by atoms with E-state index >= 15 is 0 Å². The lowest BCUT2D eigenvalue weighted by atomic mass is 9.96. The molecule has 108 valence electrons. The van der Waals surface area contributed by atoms with Crippen molar-refractivity contribution in [2.24, 2.45) is 0 Å². The van der Waals surface area contributed by atoms with Crippen LogP contribution < -0.4 is 5.56 Å². The Labute approximate surface area is 122 Å². The second-order valence-corrected chi connectivity index (χ2v) is 5.41. The maximum absolute atomic E-state index is 12.3. The van der Waals surface area contributed by atoms with Crippen LogP contribution in [0.15, 0.2) is 41.3 Å². The summed E-state index contributed by atoms with van der Waals surface area (Å²) in [5, 5.41) is 3.92. The zero-order valence-corrected chi connectivity index (χ0v) is 12.0. The van der Waals surface area contributed by atoms with Gasteiger partial charge in [-0.3, -0.25) is 9.59 Å². The minimum Gasteiger partial charge on any atom is -0.302 e. The lowest BCUT2D eigenvalue weighted by Crippen LogP contribution is -2.27. The summed E-state index contributed by atoms with van der Waals surface area (Å²) in [6.45, 7) is 1.89. The summed E-state index contributed by atoms with van der Waals surface area (Å²) in [5.41, 5.74) is 2.88. The van der Waals surface area contributed by atoms with Gasteiger partial charge < -0.3 is 4.90 Å². The van der Waals surface area contributed by atoms with Gasteiger partial charge in [0.1, 0.15) is 6.54 Å². The first-order valence-electron chi connectivity index (χ1n) is 6.99. The SMILES string of the molecule is CN1CCc2ccc(C(=O)Cn3ncccc3=O)cc2C1. The summed E-state index contributed by atoms with van der Waals surface area (Å²) < 4.78 is 1.19. The van der Waals surface area contributed by atoms with Crippen LogP contribution in [0.2, 0.25) is 0 Å². The summed E-state index contributed by atoms with van der Waals surface area (Å²) >= 11 is 0. The Kier molecular flexibility index (Phi) is 3.66. The van der Waals surface area contributed by atoms with Crippen molar-refractivity contribution < 1.29 is 4.79 Å². The number of likely N-dealkylation sites (N-methyl/N-ethyl adjacent to an activating group) is 1. The number of carbonyl (C=O) groups is 1. The van der Waals surface area contributed by atoms with Crippen molar-refractivity contribution in [3.63, 3.8) is 0 Å². The molecule has 0 spiro atoms. The molecule has 1 aliphatic rings. The van der Waals surface area contributed by atoms with Crippen LogP contribution in [0.1, 0.15) is 21.5 Å². The van der Waals surface area contributed by atoms with E-state index in [-0.39, 0.29) is 17.9 Å². The molecule has 1 aliphatic heterocycles. The summed E-state index contributed by atoms with van der Waals surface area (Å²) in [6, 6.07) is 8.79. The summed E-state index contributed by atoms with van der Waals surface area (Å²) in [4.78, 5) is 26.2. The molecular weight excluding hydrogens is 266 g/mol. The van der Waals surface area contributed by atoms with Crippen LogP contribution in [0.3, 0.4) is 0 Å². The Morgan fingerprint density at radius 1 is 1.29 bits per heavy atom. The maximum Gasteiger partial charge on any atom is 0.267 e. The van der Waals surface area contributed by atoms with Crippen molar-refractivity contribution in [3.8, 4) is 0 Å². The van der Waals surface area contributed by atoms with Gasteiger partial charge in [-0.05, 0) is 36.7 Å². The first kappa shape index (κ1) is 13.7. The molecule has 0 aliphatic carbocycles. The first-order valence-corrected chi connectivity index (χ1v) is 6.99. The first-order chi connectivity index (χ1) is 10.1. The van der Waals surface area contributed by atoms with Crippen LogP contribution in [0.25, 0.3) is 0 Å². The number of fused-ring (bicyclic) bond motifs is 1. The molecule has 2 aromatic rings. The number of nitrogens with zero attached hydrogens (tertiary/aromatic N) is 3. The molecule has 5 heteroatoms. The maximum atomic E-state index is 12.3. The molecule has 5 nitrogen and oxygen atoms in total. The predicted octanol–water partition coefficient (Wildman–Crippen LogP) is 1.11. The molecule has 0 amide bonds. The van der Waals surface area contributed by atoms with Gasteiger partial charge >= 0.3 is 0 Å². The van der Waals surface area contributed by atoms with Gasteiger partial charge in [-0.2, -0.15) is 5.10 Å². The molecule has 0 saturated carbocycles. The van der Waals surface area contributed by atoms with Gasteiger partial charge in [0.2, 0.25) is 0 Å². The highest BCUT2D eigenvalue weighted by atomic mass is 16.1. The Morgan fingerprint density at radius 2 is 2.14 bits per heavy atom. The van der Waals surface area contributed by atoms with Crippen molar-refractivity contribution in [1.82, 2.24) is 14.7 Å². The number of benzene rings is 1. The molecule has 0 atom stereocenters. The molecule has 21 heavy (non-hydrogen) atoms. The minimum absolute atomic E-state index is 0.0195. The normalized spacial score (nSPS) is 14.7. The number of carbonyl (C=O) groups excluding carboxylic acids is 1. The predicted molar refractivity (Wildman–Crippen MR) is 79.3 cm³/mol. The van der Waals surface area contributed by atoms with E-state index in [1.165, 1.54) is 28.1 Å². The average molecular weight is 283 g/mol. The molecule has 0 fully saturated rings. The molecule has 3 rings (SSSR count). The van der Waals surface area contributed by atoms with Crippen molar-refractivity contribution in [1.29, 1.82) is 0 Å². The van der Waals surface area contributed by atoms with Gasteiger partial charge in [0, 0.05) is 30.9 Å². The van der Waals surface area contributed by atoms with Crippen LogP contribution in [0.4, 0.5) is 0 Å². The molecule has 0 unspecified atom stereocenters. The molecule has 1 aromatic carbocycles. The second kappa shape index (κ2) is 5.61. The number of hydrogen-bond donors (Lipinski definition) is 0. The standard InChI is InChI=1S/C16H17N3O2/c1-18-8-6-12-4-5-13(9-14(12)10-18)15(20)11-19-16(21)3-2-7-17-19/h2-5,7,9H,6,8,10-11H2,1H3. The number of aromatic nitrogens is 2. The third kappa shape index (κ3) is 2.92. The van der Waals surface area contributed by atoms with Crippen LogP contribution in [-0.4, -0.2) is 34.1 Å². The molecular formula is C16H17N3O2. The minimum atomic E-state index is -0.261. The quantitative estimate of drug-likeness (QED) is 0.792. The third-order valence-corrected chi connectivity index (χ3v) is 3.81. The van der Waals surface area contributed by atoms with E-state index in [4.69, 9.17) is 0 Å². The van der Waals surface area contributed by atoms with Crippen LogP contribution in [-0.2, 0) is 19.5 Å². The Bertz CT molecular complexity index is 736. The van der Waals surface area contributed by atoms with Gasteiger partial charge in [0.15, 0.2) is 5.78 Å². The number of hydrogen-bond acceptors (Lipinski definition) is 4. The van der Waals surface area contributed by atoms with Crippen molar-refractivity contribution in [3.05, 3.63) is 63.6 Å². The zero-order chi connectivity index (χ0) is 14.8. The van der Waals surface area contributed by atoms with E-state index in [0.717, 1.165) is 19.5 Å². The highest BCUT2D eigenvalue weighted by Crippen LogP contribution is 2.19. The topological polar surface area (TPSA) is 55.2 Å². The fourth-order valence-electron chi connectivity index (χ4n) is 2.60. The van der Waals surface area contributed by atoms with Gasteiger partial charge in [0.05, 0.1) is 0 Å². The second-order valence-electron chi connectivity index (χ2n) is 5.41. The highest BCUT2D eigenvalue weighted by molar-refractivity contribution is 5.96. The van der Waals surface area contributed by atoms with E-state index in [1.807, 2.05) is 18.2 Å². The van der Waals surface area contributed by atoms with Gasteiger partial charge in [-0.1, -0.05) is 12.1 Å². The molecule has 2 heterocycles. The van der Waals surface area contributed by atoms with E-state index in [9.17, 15) is 9.59 Å². The fraction of sp³-hybridized carbons (Fsp3) is 0.312. The lowest BCUT2D eigenvalue weighted by Gasteiger charge is -2.25. The average Bonchev–Trinajstić information content (AvgIpc) is 2.48. The largest absolute Gasteiger partial charge is 0.302 e. The smallest absolute Gasteiger partial charge is 0.267 e. The molecule has 0 radical (unpaired) electrons. The van der Waals surface area contributed by atoms with E-state index in [2.05, 4.69) is 17.0 Å². The summed E-state index contributed by atoms with van der Waals surface area (Å²) in [5.74, 6) is -0.0909. The van der Waals surface area contributed by atoms with Crippen molar-refractivity contribution in [2.75, 3.05) is 13.6 Å². The monoisotopic (exact) mass is 283 g/mol. The van der Waals surface area contributed by atoms with Gasteiger partial charge in [0.25, 0.3) is 5.56 Å². The molecule has 0 bridgehead atoms. The van der Waals surface area contributed by atoms with Crippen molar-refractivity contribution >= 4 is 5.78 Å². The Hall–Kier alpha value is -2.27. The van der Waals surface area contributed by atoms with E-state index < -0.39 is 0 Å². The van der Waals surface area contributed by atoms with Crippen LogP contribution >= 0.6 is 0 Å².